The molecule has 4 heteroatoms. The topological polar surface area (TPSA) is 46.6 Å². The van der Waals surface area contributed by atoms with E-state index < -0.39 is 0 Å². The number of rotatable bonds is 2. The maximum Gasteiger partial charge on any atom is 0.290 e. The molecule has 0 spiro atoms. The van der Waals surface area contributed by atoms with Crippen molar-refractivity contribution in [3.05, 3.63) is 0 Å². The number of Topliss-reactive ketones (excluding diaryl/α,β-unsaturated/α-hetero) is 1. The Labute approximate surface area is 76.8 Å². The number of ketones is 1. The average Bonchev–Trinajstić information content (AvgIpc) is 2.34. The molecule has 0 N–H and O–H groups in total. The van der Waals surface area contributed by atoms with Crippen molar-refractivity contribution in [3.8, 4) is 0 Å². The summed E-state index contributed by atoms with van der Waals surface area (Å²) in [6, 6.07) is 0.254. The van der Waals surface area contributed by atoms with Crippen LogP contribution in [0.25, 0.3) is 0 Å². The van der Waals surface area contributed by atoms with Crippen LogP contribution in [0.3, 0.4) is 0 Å². The van der Waals surface area contributed by atoms with Gasteiger partial charge < -0.3 is 9.64 Å². The Hall–Kier alpha value is -0.900. The normalized spacial score (nSPS) is 33.8. The standard InChI is InChI=1S/C9H13NO3/c1-13-7-4-6(5-7)10-3-2-8(11)9(10)12/h6-7H,2-5H2,1H3. The first kappa shape index (κ1) is 8.69. The molecule has 2 rings (SSSR count). The van der Waals surface area contributed by atoms with Crippen molar-refractivity contribution in [1.82, 2.24) is 4.90 Å². The molecule has 0 atom stereocenters. The SMILES string of the molecule is COC1CC(N2CCC(=O)C2=O)C1. The fourth-order valence-corrected chi connectivity index (χ4v) is 1.92. The molecule has 0 aromatic heterocycles. The number of nitrogens with zero attached hydrogens (tertiary/aromatic N) is 1. The van der Waals surface area contributed by atoms with E-state index in [1.807, 2.05) is 0 Å². The van der Waals surface area contributed by atoms with Crippen LogP contribution in [-0.4, -0.2) is 42.4 Å². The second-order valence-electron chi connectivity index (χ2n) is 3.65. The van der Waals surface area contributed by atoms with Crippen molar-refractivity contribution in [2.24, 2.45) is 0 Å². The Bertz CT molecular complexity index is 245. The van der Waals surface area contributed by atoms with E-state index >= 15 is 0 Å². The third-order valence-electron chi connectivity index (χ3n) is 2.92. The molecule has 13 heavy (non-hydrogen) atoms. The molecule has 1 amide bonds. The minimum absolute atomic E-state index is 0.235. The van der Waals surface area contributed by atoms with Crippen molar-refractivity contribution in [2.75, 3.05) is 13.7 Å². The van der Waals surface area contributed by atoms with Crippen LogP contribution in [0.4, 0.5) is 0 Å². The zero-order valence-electron chi connectivity index (χ0n) is 7.66. The molecule has 1 aliphatic heterocycles. The molecule has 4 nitrogen and oxygen atoms in total. The quantitative estimate of drug-likeness (QED) is 0.564. The molecule has 0 unspecified atom stereocenters. The number of hydrogen-bond donors (Lipinski definition) is 0. The summed E-state index contributed by atoms with van der Waals surface area (Å²) < 4.78 is 5.12. The Morgan fingerprint density at radius 1 is 1.38 bits per heavy atom. The summed E-state index contributed by atoms with van der Waals surface area (Å²) in [6.45, 7) is 0.610. The molecule has 2 fully saturated rings. The number of amides is 1. The highest BCUT2D eigenvalue weighted by Crippen LogP contribution is 2.29. The first-order valence-corrected chi connectivity index (χ1v) is 4.59. The lowest BCUT2D eigenvalue weighted by Crippen LogP contribution is -2.48. The fraction of sp³-hybridized carbons (Fsp3) is 0.778. The smallest absolute Gasteiger partial charge is 0.290 e. The van der Waals surface area contributed by atoms with E-state index in [0.29, 0.717) is 13.0 Å². The molecule has 1 saturated carbocycles. The van der Waals surface area contributed by atoms with Crippen LogP contribution in [0.5, 0.6) is 0 Å². The van der Waals surface area contributed by atoms with Gasteiger partial charge in [0, 0.05) is 26.1 Å². The summed E-state index contributed by atoms with van der Waals surface area (Å²) >= 11 is 0. The molecular formula is C9H13NO3. The van der Waals surface area contributed by atoms with E-state index in [0.717, 1.165) is 12.8 Å². The van der Waals surface area contributed by atoms with Gasteiger partial charge in [-0.3, -0.25) is 9.59 Å². The Kier molecular flexibility index (Phi) is 2.07. The van der Waals surface area contributed by atoms with E-state index in [-0.39, 0.29) is 23.8 Å². The molecule has 1 saturated heterocycles. The van der Waals surface area contributed by atoms with Crippen LogP contribution >= 0.6 is 0 Å². The molecule has 0 radical (unpaired) electrons. The van der Waals surface area contributed by atoms with Crippen molar-refractivity contribution in [1.29, 1.82) is 0 Å². The zero-order valence-corrected chi connectivity index (χ0v) is 7.66. The van der Waals surface area contributed by atoms with Gasteiger partial charge in [0.15, 0.2) is 0 Å². The summed E-state index contributed by atoms with van der Waals surface area (Å²) in [5.74, 6) is -0.527. The van der Waals surface area contributed by atoms with Crippen LogP contribution in [0.1, 0.15) is 19.3 Å². The van der Waals surface area contributed by atoms with Crippen molar-refractivity contribution in [3.63, 3.8) is 0 Å². The number of ether oxygens (including phenoxy) is 1. The largest absolute Gasteiger partial charge is 0.381 e. The van der Waals surface area contributed by atoms with Gasteiger partial charge in [-0.25, -0.2) is 0 Å². The van der Waals surface area contributed by atoms with E-state index in [1.54, 1.807) is 12.0 Å². The lowest BCUT2D eigenvalue weighted by Gasteiger charge is -2.39. The van der Waals surface area contributed by atoms with Gasteiger partial charge in [-0.1, -0.05) is 0 Å². The lowest BCUT2D eigenvalue weighted by atomic mass is 9.88. The first-order valence-electron chi connectivity index (χ1n) is 4.59. The van der Waals surface area contributed by atoms with Gasteiger partial charge in [0.1, 0.15) is 0 Å². The van der Waals surface area contributed by atoms with Crippen molar-refractivity contribution >= 4 is 11.7 Å². The minimum atomic E-state index is -0.292. The monoisotopic (exact) mass is 183 g/mol. The number of methoxy groups -OCH3 is 1. The number of carbonyl (C=O) groups is 2. The highest BCUT2D eigenvalue weighted by atomic mass is 16.5. The van der Waals surface area contributed by atoms with Gasteiger partial charge in [0.25, 0.3) is 5.91 Å². The molecule has 1 heterocycles. The van der Waals surface area contributed by atoms with Crippen molar-refractivity contribution < 1.29 is 14.3 Å². The molecule has 72 valence electrons. The van der Waals surface area contributed by atoms with E-state index in [2.05, 4.69) is 0 Å². The summed E-state index contributed by atoms with van der Waals surface area (Å²) in [5.41, 5.74) is 0. The minimum Gasteiger partial charge on any atom is -0.381 e. The average molecular weight is 183 g/mol. The number of hydrogen-bond acceptors (Lipinski definition) is 3. The molecule has 0 aromatic rings. The maximum absolute atomic E-state index is 11.3. The lowest BCUT2D eigenvalue weighted by molar-refractivity contribution is -0.144. The predicted octanol–water partition coefficient (Wildman–Crippen LogP) is -0.0348. The van der Waals surface area contributed by atoms with Gasteiger partial charge in [0.05, 0.1) is 6.10 Å². The summed E-state index contributed by atoms with van der Waals surface area (Å²) in [4.78, 5) is 23.9. The summed E-state index contributed by atoms with van der Waals surface area (Å²) in [7, 11) is 1.68. The first-order chi connectivity index (χ1) is 6.22. The Balaban J connectivity index is 1.90. The second kappa shape index (κ2) is 3.10. The summed E-state index contributed by atoms with van der Waals surface area (Å²) in [6.07, 6.45) is 2.45. The van der Waals surface area contributed by atoms with Gasteiger partial charge in [-0.05, 0) is 12.8 Å². The molecule has 2 aliphatic rings. The molecule has 0 bridgehead atoms. The maximum atomic E-state index is 11.3. The molecule has 0 aromatic carbocycles. The Morgan fingerprint density at radius 3 is 2.54 bits per heavy atom. The van der Waals surface area contributed by atoms with Crippen LogP contribution in [-0.2, 0) is 14.3 Å². The second-order valence-corrected chi connectivity index (χ2v) is 3.65. The Morgan fingerprint density at radius 2 is 2.08 bits per heavy atom. The van der Waals surface area contributed by atoms with Gasteiger partial charge >= 0.3 is 0 Å². The van der Waals surface area contributed by atoms with Crippen LogP contribution in [0, 0.1) is 0 Å². The van der Waals surface area contributed by atoms with Crippen LogP contribution in [0.15, 0.2) is 0 Å². The third kappa shape index (κ3) is 1.35. The highest BCUT2D eigenvalue weighted by Gasteiger charge is 2.41. The number of carbonyl (C=O) groups excluding carboxylic acids is 2. The number of likely N-dealkylation sites (tertiary alicyclic amines) is 1. The van der Waals surface area contributed by atoms with E-state index in [1.165, 1.54) is 0 Å². The zero-order chi connectivity index (χ0) is 9.42. The fourth-order valence-electron chi connectivity index (χ4n) is 1.92. The molecular weight excluding hydrogens is 170 g/mol. The third-order valence-corrected chi connectivity index (χ3v) is 2.92. The predicted molar refractivity (Wildman–Crippen MR) is 45.2 cm³/mol. The van der Waals surface area contributed by atoms with E-state index in [9.17, 15) is 9.59 Å². The van der Waals surface area contributed by atoms with E-state index in [4.69, 9.17) is 4.74 Å². The van der Waals surface area contributed by atoms with Crippen LogP contribution < -0.4 is 0 Å². The summed E-state index contributed by atoms with van der Waals surface area (Å²) in [5, 5.41) is 0. The van der Waals surface area contributed by atoms with Crippen LogP contribution in [0.2, 0.25) is 0 Å². The highest BCUT2D eigenvalue weighted by molar-refractivity contribution is 6.37. The molecule has 1 aliphatic carbocycles. The van der Waals surface area contributed by atoms with Gasteiger partial charge in [0.2, 0.25) is 5.78 Å². The van der Waals surface area contributed by atoms with Crippen molar-refractivity contribution in [2.45, 2.75) is 31.4 Å². The van der Waals surface area contributed by atoms with Gasteiger partial charge in [-0.2, -0.15) is 0 Å². The van der Waals surface area contributed by atoms with Gasteiger partial charge in [-0.15, -0.1) is 0 Å².